The van der Waals surface area contributed by atoms with Gasteiger partial charge in [0.15, 0.2) is 0 Å². The number of rotatable bonds is 8. The molecule has 0 aromatic heterocycles. The molecule has 20 heavy (non-hydrogen) atoms. The third-order valence-electron chi connectivity index (χ3n) is 2.79. The van der Waals surface area contributed by atoms with Gasteiger partial charge in [-0.05, 0) is 18.4 Å². The quantitative estimate of drug-likeness (QED) is 0.773. The lowest BCUT2D eigenvalue weighted by Gasteiger charge is -2.10. The lowest BCUT2D eigenvalue weighted by molar-refractivity contribution is -0.138. The smallest absolute Gasteiger partial charge is 0.303 e. The number of hydrogen-bond acceptors (Lipinski definition) is 3. The number of amides is 1. The molecule has 1 aromatic carbocycles. The molecule has 1 atom stereocenters. The molecule has 110 valence electrons. The molecule has 0 saturated carbocycles. The van der Waals surface area contributed by atoms with Gasteiger partial charge in [0.25, 0.3) is 0 Å². The summed E-state index contributed by atoms with van der Waals surface area (Å²) in [6, 6.07) is 8.25. The van der Waals surface area contributed by atoms with E-state index in [2.05, 4.69) is 29.6 Å². The first-order valence-corrected chi connectivity index (χ1v) is 7.74. The number of carbonyl (C=O) groups excluding carboxylic acids is 1. The van der Waals surface area contributed by atoms with Crippen molar-refractivity contribution in [3.63, 3.8) is 0 Å². The lowest BCUT2D eigenvalue weighted by Crippen LogP contribution is -2.30. The normalized spacial score (nSPS) is 11.9. The molecule has 0 heterocycles. The molecule has 2 N–H and O–H groups in total. The third-order valence-corrected chi connectivity index (χ3v) is 3.80. The minimum absolute atomic E-state index is 0.0423. The number of aliphatic carboxylic acids is 1. The summed E-state index contributed by atoms with van der Waals surface area (Å²) in [5.74, 6) is 0.282. The summed E-state index contributed by atoms with van der Waals surface area (Å²) in [6.07, 6.45) is 0.0801. The van der Waals surface area contributed by atoms with Gasteiger partial charge in [-0.15, -0.1) is 11.8 Å². The molecule has 0 aliphatic carbocycles. The topological polar surface area (TPSA) is 66.4 Å². The Morgan fingerprint density at radius 2 is 1.95 bits per heavy atom. The zero-order valence-electron chi connectivity index (χ0n) is 11.9. The highest BCUT2D eigenvalue weighted by atomic mass is 32.2. The van der Waals surface area contributed by atoms with Crippen LogP contribution in [0, 0.1) is 12.8 Å². The fourth-order valence-corrected chi connectivity index (χ4v) is 2.47. The van der Waals surface area contributed by atoms with E-state index in [0.717, 1.165) is 5.75 Å². The summed E-state index contributed by atoms with van der Waals surface area (Å²) < 4.78 is 0. The van der Waals surface area contributed by atoms with Gasteiger partial charge in [-0.2, -0.15) is 0 Å². The van der Waals surface area contributed by atoms with Crippen molar-refractivity contribution < 1.29 is 14.7 Å². The predicted molar refractivity (Wildman–Crippen MR) is 81.8 cm³/mol. The molecular formula is C15H21NO3S. The summed E-state index contributed by atoms with van der Waals surface area (Å²) in [5, 5.41) is 11.4. The Morgan fingerprint density at radius 1 is 1.30 bits per heavy atom. The Kier molecular flexibility index (Phi) is 7.15. The van der Waals surface area contributed by atoms with Gasteiger partial charge in [0.05, 0.1) is 5.75 Å². The van der Waals surface area contributed by atoms with Crippen molar-refractivity contribution in [2.24, 2.45) is 5.92 Å². The molecular weight excluding hydrogens is 274 g/mol. The third kappa shape index (κ3) is 7.19. The maximum absolute atomic E-state index is 11.6. The number of carbonyl (C=O) groups is 2. The largest absolute Gasteiger partial charge is 0.481 e. The van der Waals surface area contributed by atoms with Gasteiger partial charge in [-0.25, -0.2) is 0 Å². The summed E-state index contributed by atoms with van der Waals surface area (Å²) in [6.45, 7) is 4.27. The first-order valence-electron chi connectivity index (χ1n) is 6.59. The summed E-state index contributed by atoms with van der Waals surface area (Å²) >= 11 is 1.56. The monoisotopic (exact) mass is 295 g/mol. The Morgan fingerprint density at radius 3 is 2.55 bits per heavy atom. The van der Waals surface area contributed by atoms with Crippen LogP contribution in [0.15, 0.2) is 24.3 Å². The fourth-order valence-electron chi connectivity index (χ4n) is 1.66. The second-order valence-corrected chi connectivity index (χ2v) is 5.97. The minimum atomic E-state index is -0.833. The van der Waals surface area contributed by atoms with E-state index >= 15 is 0 Å². The molecule has 0 saturated heterocycles. The van der Waals surface area contributed by atoms with Crippen molar-refractivity contribution in [2.75, 3.05) is 12.3 Å². The maximum atomic E-state index is 11.6. The van der Waals surface area contributed by atoms with E-state index in [9.17, 15) is 9.59 Å². The fraction of sp³-hybridized carbons (Fsp3) is 0.467. The van der Waals surface area contributed by atoms with Crippen LogP contribution in [0.4, 0.5) is 0 Å². The summed E-state index contributed by atoms with van der Waals surface area (Å²) in [7, 11) is 0. The van der Waals surface area contributed by atoms with E-state index in [1.807, 2.05) is 13.8 Å². The number of benzene rings is 1. The number of nitrogens with one attached hydrogen (secondary N) is 1. The molecule has 1 aromatic rings. The molecule has 1 unspecified atom stereocenters. The SMILES string of the molecule is Cc1ccc(CSCC(=O)NCC(C)CC(=O)O)cc1. The van der Waals surface area contributed by atoms with Crippen LogP contribution >= 0.6 is 11.8 Å². The Labute approximate surface area is 124 Å². The first kappa shape index (κ1) is 16.6. The molecule has 0 aliphatic rings. The van der Waals surface area contributed by atoms with Crippen molar-refractivity contribution in [1.29, 1.82) is 0 Å². The van der Waals surface area contributed by atoms with Crippen LogP contribution in [0.5, 0.6) is 0 Å². The summed E-state index contributed by atoms with van der Waals surface area (Å²) in [4.78, 5) is 22.1. The molecule has 4 nitrogen and oxygen atoms in total. The highest BCUT2D eigenvalue weighted by molar-refractivity contribution is 7.99. The van der Waals surface area contributed by atoms with Gasteiger partial charge in [0, 0.05) is 18.7 Å². The molecule has 1 rings (SSSR count). The van der Waals surface area contributed by atoms with Gasteiger partial charge in [0.2, 0.25) is 5.91 Å². The number of hydrogen-bond donors (Lipinski definition) is 2. The Hall–Kier alpha value is -1.49. The van der Waals surface area contributed by atoms with Gasteiger partial charge >= 0.3 is 5.97 Å². The number of carboxylic acids is 1. The standard InChI is InChI=1S/C15H21NO3S/c1-11-3-5-13(6-4-11)9-20-10-14(17)16-8-12(2)7-15(18)19/h3-6,12H,7-10H2,1-2H3,(H,16,17)(H,18,19). The van der Waals surface area contributed by atoms with Crippen LogP contribution in [-0.4, -0.2) is 29.3 Å². The highest BCUT2D eigenvalue weighted by Gasteiger charge is 2.09. The van der Waals surface area contributed by atoms with Crippen LogP contribution in [0.3, 0.4) is 0 Å². The van der Waals surface area contributed by atoms with Gasteiger partial charge in [-0.1, -0.05) is 36.8 Å². The molecule has 5 heteroatoms. The van der Waals surface area contributed by atoms with Crippen LogP contribution in [-0.2, 0) is 15.3 Å². The van der Waals surface area contributed by atoms with Gasteiger partial charge < -0.3 is 10.4 Å². The Balaban J connectivity index is 2.17. The van der Waals surface area contributed by atoms with E-state index < -0.39 is 5.97 Å². The first-order chi connectivity index (χ1) is 9.47. The second kappa shape index (κ2) is 8.64. The van der Waals surface area contributed by atoms with Gasteiger partial charge in [0.1, 0.15) is 0 Å². The average Bonchev–Trinajstić information content (AvgIpc) is 2.38. The second-order valence-electron chi connectivity index (χ2n) is 4.99. The van der Waals surface area contributed by atoms with Crippen molar-refractivity contribution in [3.05, 3.63) is 35.4 Å². The van der Waals surface area contributed by atoms with Crippen molar-refractivity contribution in [3.8, 4) is 0 Å². The van der Waals surface area contributed by atoms with E-state index in [-0.39, 0.29) is 18.2 Å². The van der Waals surface area contributed by atoms with Crippen molar-refractivity contribution in [1.82, 2.24) is 5.32 Å². The molecule has 0 radical (unpaired) electrons. The average molecular weight is 295 g/mol. The summed E-state index contributed by atoms with van der Waals surface area (Å²) in [5.41, 5.74) is 2.43. The van der Waals surface area contributed by atoms with Crippen LogP contribution in [0.25, 0.3) is 0 Å². The molecule has 0 bridgehead atoms. The molecule has 0 spiro atoms. The molecule has 1 amide bonds. The van der Waals surface area contributed by atoms with Crippen molar-refractivity contribution >= 4 is 23.6 Å². The number of thioether (sulfide) groups is 1. The van der Waals surface area contributed by atoms with Crippen molar-refractivity contribution in [2.45, 2.75) is 26.0 Å². The van der Waals surface area contributed by atoms with Crippen LogP contribution in [0.2, 0.25) is 0 Å². The molecule has 0 fully saturated rings. The van der Waals surface area contributed by atoms with E-state index in [4.69, 9.17) is 5.11 Å². The number of aryl methyl sites for hydroxylation is 1. The molecule has 0 aliphatic heterocycles. The lowest BCUT2D eigenvalue weighted by atomic mass is 10.1. The Bertz CT molecular complexity index is 445. The maximum Gasteiger partial charge on any atom is 0.303 e. The minimum Gasteiger partial charge on any atom is -0.481 e. The zero-order chi connectivity index (χ0) is 15.0. The highest BCUT2D eigenvalue weighted by Crippen LogP contribution is 2.12. The van der Waals surface area contributed by atoms with Crippen LogP contribution < -0.4 is 5.32 Å². The zero-order valence-corrected chi connectivity index (χ0v) is 12.7. The van der Waals surface area contributed by atoms with Crippen LogP contribution in [0.1, 0.15) is 24.5 Å². The predicted octanol–water partition coefficient (Wildman–Crippen LogP) is 2.46. The van der Waals surface area contributed by atoms with E-state index in [1.165, 1.54) is 11.1 Å². The van der Waals surface area contributed by atoms with E-state index in [0.29, 0.717) is 12.3 Å². The van der Waals surface area contributed by atoms with E-state index in [1.54, 1.807) is 11.8 Å². The number of carboxylic acid groups (broad SMARTS) is 1. The van der Waals surface area contributed by atoms with Gasteiger partial charge in [-0.3, -0.25) is 9.59 Å².